The molecule has 4 nitrogen and oxygen atoms in total. The summed E-state index contributed by atoms with van der Waals surface area (Å²) in [6.45, 7) is 6.57. The van der Waals surface area contributed by atoms with Crippen LogP contribution in [0.4, 0.5) is 5.69 Å². The Balaban J connectivity index is 1.98. The van der Waals surface area contributed by atoms with Crippen molar-refractivity contribution >= 4 is 28.7 Å². The number of aromatic nitrogens is 1. The van der Waals surface area contributed by atoms with Crippen LogP contribution in [-0.2, 0) is 5.41 Å². The Morgan fingerprint density at radius 3 is 2.69 bits per heavy atom. The molecule has 1 aliphatic heterocycles. The second-order valence-corrected chi connectivity index (χ2v) is 9.33. The number of thiazole rings is 1. The molecule has 0 bridgehead atoms. The fraction of sp³-hybridized carbons (Fsp3) is 0.375. The van der Waals surface area contributed by atoms with Crippen LogP contribution in [0.3, 0.4) is 0 Å². The Hall–Kier alpha value is -2.89. The molecule has 146 valence electrons. The molecule has 1 aromatic heterocycles. The van der Waals surface area contributed by atoms with Gasteiger partial charge in [-0.25, -0.2) is 4.98 Å². The number of para-hydroxylation sites is 1. The normalized spacial score (nSPS) is 21.1. The standard InChI is InChI=1S/C24H24N4S/c1-15(2)21-20(29-23(27-21)17(13-25)14-26)12-16-8-7-11-24(3)18-9-5-6-10-19(18)28(4)22(16)24/h5-6,9-10,12,15H,7-8,11H2,1-4H3/b20-12+. The van der Waals surface area contributed by atoms with Crippen molar-refractivity contribution < 1.29 is 0 Å². The van der Waals surface area contributed by atoms with Gasteiger partial charge in [0.1, 0.15) is 16.8 Å². The molecule has 0 N–H and O–H groups in total. The fourth-order valence-electron chi connectivity index (χ4n) is 4.81. The monoisotopic (exact) mass is 400 g/mol. The summed E-state index contributed by atoms with van der Waals surface area (Å²) in [5.41, 5.74) is 6.49. The quantitative estimate of drug-likeness (QED) is 0.762. The van der Waals surface area contributed by atoms with Crippen LogP contribution in [0.15, 0.2) is 35.5 Å². The van der Waals surface area contributed by atoms with E-state index in [-0.39, 0.29) is 16.9 Å². The number of likely N-dealkylation sites (N-methyl/N-ethyl adjacent to an activating group) is 1. The third kappa shape index (κ3) is 2.98. The first kappa shape index (κ1) is 19.4. The predicted molar refractivity (Wildman–Crippen MR) is 118 cm³/mol. The van der Waals surface area contributed by atoms with Crippen LogP contribution >= 0.6 is 11.3 Å². The lowest BCUT2D eigenvalue weighted by Gasteiger charge is -2.34. The molecular weight excluding hydrogens is 376 g/mol. The molecule has 0 radical (unpaired) electrons. The van der Waals surface area contributed by atoms with Crippen molar-refractivity contribution in [3.8, 4) is 12.1 Å². The first-order valence-electron chi connectivity index (χ1n) is 10.0. The smallest absolute Gasteiger partial charge is 0.165 e. The lowest BCUT2D eigenvalue weighted by Crippen LogP contribution is -2.30. The molecule has 5 heteroatoms. The zero-order chi connectivity index (χ0) is 20.8. The minimum absolute atomic E-state index is 0.0253. The topological polar surface area (TPSA) is 63.7 Å². The Bertz CT molecular complexity index is 1200. The highest BCUT2D eigenvalue weighted by atomic mass is 32.1. The van der Waals surface area contributed by atoms with Gasteiger partial charge in [0.2, 0.25) is 0 Å². The van der Waals surface area contributed by atoms with Gasteiger partial charge in [0, 0.05) is 23.8 Å². The van der Waals surface area contributed by atoms with E-state index >= 15 is 0 Å². The average Bonchev–Trinajstić information content (AvgIpc) is 3.22. The van der Waals surface area contributed by atoms with Gasteiger partial charge in [0.05, 0.1) is 10.2 Å². The molecule has 0 fully saturated rings. The number of allylic oxidation sites excluding steroid dienone is 2. The van der Waals surface area contributed by atoms with Gasteiger partial charge in [0.15, 0.2) is 5.57 Å². The largest absolute Gasteiger partial charge is 0.347 e. The van der Waals surface area contributed by atoms with Gasteiger partial charge in [-0.2, -0.15) is 10.5 Å². The van der Waals surface area contributed by atoms with Crippen LogP contribution < -0.4 is 14.1 Å². The van der Waals surface area contributed by atoms with Gasteiger partial charge in [0.25, 0.3) is 0 Å². The summed E-state index contributed by atoms with van der Waals surface area (Å²) in [6.07, 6.45) is 5.58. The van der Waals surface area contributed by atoms with E-state index < -0.39 is 0 Å². The van der Waals surface area contributed by atoms with Crippen molar-refractivity contribution in [2.45, 2.75) is 51.4 Å². The minimum Gasteiger partial charge on any atom is -0.347 e. The number of hydrogen-bond acceptors (Lipinski definition) is 5. The minimum atomic E-state index is 0.0253. The Morgan fingerprint density at radius 2 is 2.00 bits per heavy atom. The number of fused-ring (bicyclic) bond motifs is 3. The highest BCUT2D eigenvalue weighted by Gasteiger charge is 2.44. The van der Waals surface area contributed by atoms with Crippen molar-refractivity contribution in [1.29, 1.82) is 10.5 Å². The molecule has 1 unspecified atom stereocenters. The van der Waals surface area contributed by atoms with Crippen molar-refractivity contribution in [1.82, 2.24) is 4.98 Å². The van der Waals surface area contributed by atoms with Gasteiger partial charge in [-0.15, -0.1) is 11.3 Å². The van der Waals surface area contributed by atoms with Crippen molar-refractivity contribution in [2.24, 2.45) is 0 Å². The average molecular weight is 401 g/mol. The molecule has 0 saturated heterocycles. The summed E-state index contributed by atoms with van der Waals surface area (Å²) in [4.78, 5) is 6.99. The summed E-state index contributed by atoms with van der Waals surface area (Å²) < 4.78 is 1.59. The van der Waals surface area contributed by atoms with Crippen LogP contribution in [-0.4, -0.2) is 12.0 Å². The molecule has 1 aliphatic carbocycles. The number of nitrogens with zero attached hydrogens (tertiary/aromatic N) is 4. The van der Waals surface area contributed by atoms with E-state index in [9.17, 15) is 10.5 Å². The molecule has 1 aromatic carbocycles. The van der Waals surface area contributed by atoms with E-state index in [0.29, 0.717) is 4.66 Å². The second-order valence-electron chi connectivity index (χ2n) is 8.30. The summed E-state index contributed by atoms with van der Waals surface area (Å²) in [5, 5.41) is 18.5. The molecule has 4 rings (SSSR count). The summed E-state index contributed by atoms with van der Waals surface area (Å²) >= 11 is 1.46. The number of nitriles is 2. The fourth-order valence-corrected chi connectivity index (χ4v) is 5.94. The molecule has 2 aliphatic rings. The molecule has 2 heterocycles. The van der Waals surface area contributed by atoms with E-state index in [1.807, 2.05) is 12.1 Å². The lowest BCUT2D eigenvalue weighted by molar-refractivity contribution is 0.469. The van der Waals surface area contributed by atoms with Gasteiger partial charge in [-0.3, -0.25) is 0 Å². The summed E-state index contributed by atoms with van der Waals surface area (Å²) in [5.74, 6) is 0.226. The maximum Gasteiger partial charge on any atom is 0.165 e. The highest BCUT2D eigenvalue weighted by molar-refractivity contribution is 7.07. The maximum atomic E-state index is 9.26. The Kier molecular flexibility index (Phi) is 4.81. The lowest BCUT2D eigenvalue weighted by atomic mass is 9.72. The molecule has 29 heavy (non-hydrogen) atoms. The van der Waals surface area contributed by atoms with E-state index in [1.165, 1.54) is 33.9 Å². The molecule has 0 saturated carbocycles. The summed E-state index contributed by atoms with van der Waals surface area (Å²) in [6, 6.07) is 12.7. The van der Waals surface area contributed by atoms with E-state index in [1.54, 1.807) is 0 Å². The second kappa shape index (κ2) is 7.17. The zero-order valence-electron chi connectivity index (χ0n) is 17.3. The van der Waals surface area contributed by atoms with E-state index in [4.69, 9.17) is 0 Å². The van der Waals surface area contributed by atoms with E-state index in [0.717, 1.165) is 29.5 Å². The Morgan fingerprint density at radius 1 is 1.28 bits per heavy atom. The van der Waals surface area contributed by atoms with Crippen LogP contribution in [0.25, 0.3) is 11.6 Å². The number of benzene rings is 1. The van der Waals surface area contributed by atoms with Gasteiger partial charge >= 0.3 is 0 Å². The van der Waals surface area contributed by atoms with Gasteiger partial charge in [-0.05, 0) is 55.4 Å². The summed E-state index contributed by atoms with van der Waals surface area (Å²) in [7, 11) is 2.16. The van der Waals surface area contributed by atoms with Gasteiger partial charge in [-0.1, -0.05) is 32.0 Å². The Labute approximate surface area is 175 Å². The zero-order valence-corrected chi connectivity index (χ0v) is 18.1. The molecule has 1 atom stereocenters. The van der Waals surface area contributed by atoms with E-state index in [2.05, 4.69) is 68.0 Å². The predicted octanol–water partition coefficient (Wildman–Crippen LogP) is 4.09. The molecule has 0 amide bonds. The van der Waals surface area contributed by atoms with Crippen LogP contribution in [0.1, 0.15) is 57.2 Å². The first-order valence-corrected chi connectivity index (χ1v) is 10.8. The van der Waals surface area contributed by atoms with Crippen LogP contribution in [0.5, 0.6) is 0 Å². The van der Waals surface area contributed by atoms with Crippen molar-refractivity contribution in [2.75, 3.05) is 11.9 Å². The maximum absolute atomic E-state index is 9.26. The van der Waals surface area contributed by atoms with Gasteiger partial charge < -0.3 is 4.90 Å². The number of hydrogen-bond donors (Lipinski definition) is 0. The van der Waals surface area contributed by atoms with Crippen molar-refractivity contribution in [3.05, 3.63) is 56.0 Å². The van der Waals surface area contributed by atoms with Crippen LogP contribution in [0, 0.1) is 22.7 Å². The van der Waals surface area contributed by atoms with Crippen molar-refractivity contribution in [3.63, 3.8) is 0 Å². The number of rotatable bonds is 2. The third-order valence-corrected chi connectivity index (χ3v) is 7.15. The highest BCUT2D eigenvalue weighted by Crippen LogP contribution is 2.53. The first-order chi connectivity index (χ1) is 13.9. The molecule has 0 spiro atoms. The van der Waals surface area contributed by atoms with Crippen LogP contribution in [0.2, 0.25) is 0 Å². The molecular formula is C24H24N4S. The number of anilines is 1. The molecule has 2 aromatic rings. The third-order valence-electron chi connectivity index (χ3n) is 6.12. The SMILES string of the molecule is CC(C)c1nc(=C(C#N)C#N)s/c1=C/C1=C2N(C)c3ccccc3C2(C)CCC1.